The van der Waals surface area contributed by atoms with Gasteiger partial charge in [0.25, 0.3) is 11.8 Å². The molecule has 0 aliphatic heterocycles. The Morgan fingerprint density at radius 1 is 0.578 bits per heavy atom. The topological polar surface area (TPSA) is 151 Å². The first kappa shape index (κ1) is 32.3. The molecule has 0 bridgehead atoms. The van der Waals surface area contributed by atoms with Gasteiger partial charge in [-0.15, -0.1) is 0 Å². The second-order valence-corrected chi connectivity index (χ2v) is 11.4. The fourth-order valence-corrected chi connectivity index (χ4v) is 4.33. The minimum absolute atomic E-state index is 0.0613. The summed E-state index contributed by atoms with van der Waals surface area (Å²) in [7, 11) is 0. The van der Waals surface area contributed by atoms with E-state index >= 15 is 0 Å². The Hall–Kier alpha value is -5.64. The molecule has 0 fully saturated rings. The van der Waals surface area contributed by atoms with Gasteiger partial charge in [0, 0.05) is 16.8 Å². The van der Waals surface area contributed by atoms with E-state index in [1.807, 2.05) is 13.8 Å². The van der Waals surface area contributed by atoms with Crippen LogP contribution in [0.25, 0.3) is 0 Å². The maximum Gasteiger partial charge on any atom is 0.336 e. The maximum absolute atomic E-state index is 12.7. The standard InChI is InChI=1S/C35H34N2O8/c1-21-5-15-27(29(17-21)33(40)41)31(38)36-23-7-11-25(12-8-23)44-19-35(3,4)20-45-26-13-9-24(10-14-26)37-32(39)28-16-6-22(2)18-30(28)34(42)43/h5-18H,19-20H2,1-4H3,(H,36,38)(H,37,39)(H,40,41)(H,42,43). The summed E-state index contributed by atoms with van der Waals surface area (Å²) in [4.78, 5) is 48.5. The molecule has 45 heavy (non-hydrogen) atoms. The number of hydrogen-bond donors (Lipinski definition) is 4. The summed E-state index contributed by atoms with van der Waals surface area (Å²) in [5.74, 6) is -2.21. The Balaban J connectivity index is 1.27. The van der Waals surface area contributed by atoms with E-state index in [0.717, 1.165) is 11.1 Å². The summed E-state index contributed by atoms with van der Waals surface area (Å²) >= 11 is 0. The number of rotatable bonds is 12. The van der Waals surface area contributed by atoms with Gasteiger partial charge in [-0.1, -0.05) is 37.1 Å². The Morgan fingerprint density at radius 2 is 0.933 bits per heavy atom. The summed E-state index contributed by atoms with van der Waals surface area (Å²) in [5.41, 5.74) is 2.13. The van der Waals surface area contributed by atoms with Crippen LogP contribution in [-0.4, -0.2) is 47.2 Å². The van der Waals surface area contributed by atoms with Gasteiger partial charge in [0.05, 0.1) is 35.5 Å². The molecule has 4 rings (SSSR count). The molecule has 0 unspecified atom stereocenters. The minimum atomic E-state index is -1.17. The summed E-state index contributed by atoms with van der Waals surface area (Å²) in [6.45, 7) is 8.16. The number of carboxylic acids is 2. The zero-order chi connectivity index (χ0) is 32.7. The van der Waals surface area contributed by atoms with Gasteiger partial charge in [-0.05, 0) is 86.6 Å². The van der Waals surface area contributed by atoms with E-state index in [-0.39, 0.29) is 27.7 Å². The third-order valence-corrected chi connectivity index (χ3v) is 6.78. The van der Waals surface area contributed by atoms with Gasteiger partial charge >= 0.3 is 11.9 Å². The normalized spacial score (nSPS) is 10.9. The fraction of sp³-hybridized carbons (Fsp3) is 0.200. The van der Waals surface area contributed by atoms with Gasteiger partial charge in [0.2, 0.25) is 0 Å². The zero-order valence-corrected chi connectivity index (χ0v) is 25.3. The van der Waals surface area contributed by atoms with Crippen molar-refractivity contribution in [3.05, 3.63) is 118 Å². The summed E-state index contributed by atoms with van der Waals surface area (Å²) in [5, 5.41) is 24.3. The lowest BCUT2D eigenvalue weighted by Gasteiger charge is -2.25. The van der Waals surface area contributed by atoms with Crippen molar-refractivity contribution in [2.75, 3.05) is 23.8 Å². The second kappa shape index (κ2) is 13.8. The van der Waals surface area contributed by atoms with Gasteiger partial charge in [-0.25, -0.2) is 9.59 Å². The average molecular weight is 611 g/mol. The zero-order valence-electron chi connectivity index (χ0n) is 25.3. The number of ether oxygens (including phenoxy) is 2. The number of aromatic carboxylic acids is 2. The fourth-order valence-electron chi connectivity index (χ4n) is 4.33. The molecule has 0 atom stereocenters. The van der Waals surface area contributed by atoms with Crippen LogP contribution in [0.4, 0.5) is 11.4 Å². The van der Waals surface area contributed by atoms with E-state index < -0.39 is 23.8 Å². The number of anilines is 2. The summed E-state index contributed by atoms with van der Waals surface area (Å²) < 4.78 is 11.9. The smallest absolute Gasteiger partial charge is 0.336 e. The van der Waals surface area contributed by atoms with Crippen molar-refractivity contribution in [3.8, 4) is 11.5 Å². The van der Waals surface area contributed by atoms with E-state index in [1.165, 1.54) is 24.3 Å². The summed E-state index contributed by atoms with van der Waals surface area (Å²) in [6.07, 6.45) is 0. The molecule has 2 amide bonds. The molecular formula is C35H34N2O8. The number of carboxylic acid groups (broad SMARTS) is 2. The highest BCUT2D eigenvalue weighted by Gasteiger charge is 2.21. The molecule has 0 radical (unpaired) electrons. The van der Waals surface area contributed by atoms with E-state index in [9.17, 15) is 29.4 Å². The van der Waals surface area contributed by atoms with Gasteiger partial charge in [-0.3, -0.25) is 9.59 Å². The highest BCUT2D eigenvalue weighted by atomic mass is 16.5. The first-order chi connectivity index (χ1) is 21.3. The van der Waals surface area contributed by atoms with Crippen molar-refractivity contribution in [1.29, 1.82) is 0 Å². The van der Waals surface area contributed by atoms with Gasteiger partial charge in [0.15, 0.2) is 0 Å². The Kier molecular flexibility index (Phi) is 9.88. The average Bonchev–Trinajstić information content (AvgIpc) is 3.00. The number of amides is 2. The van der Waals surface area contributed by atoms with Crippen LogP contribution in [0.15, 0.2) is 84.9 Å². The van der Waals surface area contributed by atoms with Crippen LogP contribution in [0.1, 0.15) is 66.4 Å². The molecule has 4 aromatic carbocycles. The van der Waals surface area contributed by atoms with E-state index in [2.05, 4.69) is 10.6 Å². The predicted molar refractivity (Wildman–Crippen MR) is 170 cm³/mol. The SMILES string of the molecule is Cc1ccc(C(=O)Nc2ccc(OCC(C)(C)COc3ccc(NC(=O)c4ccc(C)cc4C(=O)O)cc3)cc2)c(C(=O)O)c1. The minimum Gasteiger partial charge on any atom is -0.493 e. The monoisotopic (exact) mass is 610 g/mol. The Morgan fingerprint density at radius 3 is 1.27 bits per heavy atom. The first-order valence-electron chi connectivity index (χ1n) is 14.1. The second-order valence-electron chi connectivity index (χ2n) is 11.4. The van der Waals surface area contributed by atoms with Crippen LogP contribution in [-0.2, 0) is 0 Å². The molecule has 0 saturated heterocycles. The summed E-state index contributed by atoms with van der Waals surface area (Å²) in [6, 6.07) is 22.8. The Labute approximate surface area is 260 Å². The van der Waals surface area contributed by atoms with Crippen molar-refractivity contribution < 1.29 is 38.9 Å². The molecule has 0 saturated carbocycles. The molecule has 0 spiro atoms. The molecule has 0 heterocycles. The number of aryl methyl sites for hydroxylation is 2. The van der Waals surface area contributed by atoms with Gasteiger partial charge < -0.3 is 30.3 Å². The lowest BCUT2D eigenvalue weighted by atomic mass is 9.96. The van der Waals surface area contributed by atoms with Crippen molar-refractivity contribution in [2.24, 2.45) is 5.41 Å². The molecule has 0 aliphatic carbocycles. The lowest BCUT2D eigenvalue weighted by Crippen LogP contribution is -2.28. The van der Waals surface area contributed by atoms with Crippen LogP contribution < -0.4 is 20.1 Å². The Bertz CT molecular complexity index is 1600. The number of nitrogens with one attached hydrogen (secondary N) is 2. The highest BCUT2D eigenvalue weighted by molar-refractivity contribution is 6.11. The van der Waals surface area contributed by atoms with Crippen LogP contribution >= 0.6 is 0 Å². The highest BCUT2D eigenvalue weighted by Crippen LogP contribution is 2.24. The molecular weight excluding hydrogens is 576 g/mol. The third-order valence-electron chi connectivity index (χ3n) is 6.78. The number of carbonyl (C=O) groups excluding carboxylic acids is 2. The molecule has 10 heteroatoms. The molecule has 232 valence electrons. The number of hydrogen-bond acceptors (Lipinski definition) is 6. The largest absolute Gasteiger partial charge is 0.493 e. The van der Waals surface area contributed by atoms with Crippen LogP contribution in [0.3, 0.4) is 0 Å². The van der Waals surface area contributed by atoms with Crippen molar-refractivity contribution >= 4 is 35.1 Å². The molecule has 0 aromatic heterocycles. The number of carbonyl (C=O) groups is 4. The molecule has 0 aliphatic rings. The predicted octanol–water partition coefficient (Wildman–Crippen LogP) is 6.69. The van der Waals surface area contributed by atoms with Gasteiger partial charge in [0.1, 0.15) is 11.5 Å². The van der Waals surface area contributed by atoms with Crippen molar-refractivity contribution in [2.45, 2.75) is 27.7 Å². The molecule has 10 nitrogen and oxygen atoms in total. The quantitative estimate of drug-likeness (QED) is 0.139. The maximum atomic E-state index is 12.7. The lowest BCUT2D eigenvalue weighted by molar-refractivity contribution is 0.0683. The number of benzene rings is 4. The molecule has 4 N–H and O–H groups in total. The van der Waals surface area contributed by atoms with Crippen LogP contribution in [0.5, 0.6) is 11.5 Å². The van der Waals surface area contributed by atoms with Gasteiger partial charge in [-0.2, -0.15) is 0 Å². The third kappa shape index (κ3) is 8.70. The first-order valence-corrected chi connectivity index (χ1v) is 14.1. The van der Waals surface area contributed by atoms with Crippen LogP contribution in [0.2, 0.25) is 0 Å². The van der Waals surface area contributed by atoms with E-state index in [1.54, 1.807) is 74.5 Å². The van der Waals surface area contributed by atoms with Crippen molar-refractivity contribution in [1.82, 2.24) is 0 Å². The van der Waals surface area contributed by atoms with Crippen molar-refractivity contribution in [3.63, 3.8) is 0 Å². The van der Waals surface area contributed by atoms with E-state index in [4.69, 9.17) is 9.47 Å². The molecule has 4 aromatic rings. The van der Waals surface area contributed by atoms with E-state index in [0.29, 0.717) is 36.1 Å². The van der Waals surface area contributed by atoms with Crippen LogP contribution in [0, 0.1) is 19.3 Å².